The third-order valence-electron chi connectivity index (χ3n) is 2.87. The Bertz CT molecular complexity index is 833. The summed E-state index contributed by atoms with van der Waals surface area (Å²) in [5.74, 6) is -0.173. The predicted molar refractivity (Wildman–Crippen MR) is 81.7 cm³/mol. The van der Waals surface area contributed by atoms with Crippen molar-refractivity contribution in [1.82, 2.24) is 15.0 Å². The van der Waals surface area contributed by atoms with E-state index in [4.69, 9.17) is 23.2 Å². The zero-order valence-electron chi connectivity index (χ0n) is 10.5. The second-order valence-corrected chi connectivity index (χ2v) is 4.89. The topological polar surface area (TPSA) is 67.8 Å². The Hall–Kier alpha value is -2.24. The van der Waals surface area contributed by atoms with E-state index in [1.165, 1.54) is 6.33 Å². The van der Waals surface area contributed by atoms with Crippen LogP contribution in [0.3, 0.4) is 0 Å². The van der Waals surface area contributed by atoms with Gasteiger partial charge in [0, 0.05) is 17.1 Å². The van der Waals surface area contributed by atoms with E-state index in [1.54, 1.807) is 24.4 Å². The van der Waals surface area contributed by atoms with Crippen LogP contribution in [0.1, 0.15) is 10.4 Å². The van der Waals surface area contributed by atoms with Gasteiger partial charge < -0.3 is 5.32 Å². The standard InChI is InChI=1S/C14H8Cl2N4O/c15-11-12(16)18-7-19-13(11)20-14(21)9-3-1-5-10-8(9)4-2-6-17-10/h1-7H,(H,18,19,20,21). The fraction of sp³-hybridized carbons (Fsp3) is 0. The van der Waals surface area contributed by atoms with Crippen LogP contribution in [0.5, 0.6) is 0 Å². The van der Waals surface area contributed by atoms with Gasteiger partial charge in [0.05, 0.1) is 5.52 Å². The number of hydrogen-bond donors (Lipinski definition) is 1. The molecule has 0 aliphatic carbocycles. The van der Waals surface area contributed by atoms with E-state index < -0.39 is 0 Å². The van der Waals surface area contributed by atoms with Crippen LogP contribution in [0, 0.1) is 0 Å². The van der Waals surface area contributed by atoms with Gasteiger partial charge in [0.1, 0.15) is 11.3 Å². The molecule has 104 valence electrons. The van der Waals surface area contributed by atoms with Gasteiger partial charge in [-0.05, 0) is 18.2 Å². The zero-order valence-corrected chi connectivity index (χ0v) is 12.1. The van der Waals surface area contributed by atoms with E-state index in [2.05, 4.69) is 20.3 Å². The Balaban J connectivity index is 2.00. The van der Waals surface area contributed by atoms with Gasteiger partial charge in [-0.3, -0.25) is 9.78 Å². The minimum Gasteiger partial charge on any atom is -0.305 e. The van der Waals surface area contributed by atoms with Crippen LogP contribution < -0.4 is 5.32 Å². The Labute approximate surface area is 130 Å². The lowest BCUT2D eigenvalue weighted by Crippen LogP contribution is -2.14. The summed E-state index contributed by atoms with van der Waals surface area (Å²) in [6.45, 7) is 0. The molecule has 0 radical (unpaired) electrons. The molecule has 2 aromatic heterocycles. The molecular weight excluding hydrogens is 311 g/mol. The molecule has 0 fully saturated rings. The Morgan fingerprint density at radius 2 is 1.90 bits per heavy atom. The van der Waals surface area contributed by atoms with Crippen LogP contribution in [-0.2, 0) is 0 Å². The van der Waals surface area contributed by atoms with Crippen molar-refractivity contribution in [2.24, 2.45) is 0 Å². The van der Waals surface area contributed by atoms with E-state index >= 15 is 0 Å². The number of pyridine rings is 1. The second-order valence-electron chi connectivity index (χ2n) is 4.16. The first-order valence-corrected chi connectivity index (χ1v) is 6.73. The summed E-state index contributed by atoms with van der Waals surface area (Å²) in [7, 11) is 0. The van der Waals surface area contributed by atoms with Gasteiger partial charge in [-0.2, -0.15) is 0 Å². The summed E-state index contributed by atoms with van der Waals surface area (Å²) >= 11 is 11.8. The largest absolute Gasteiger partial charge is 0.305 e. The first-order valence-electron chi connectivity index (χ1n) is 5.98. The highest BCUT2D eigenvalue weighted by Gasteiger charge is 2.14. The molecule has 0 saturated heterocycles. The first-order chi connectivity index (χ1) is 10.2. The third kappa shape index (κ3) is 2.66. The van der Waals surface area contributed by atoms with Crippen molar-refractivity contribution in [3.8, 4) is 0 Å². The maximum atomic E-state index is 12.4. The average molecular weight is 319 g/mol. The molecule has 0 aliphatic rings. The summed E-state index contributed by atoms with van der Waals surface area (Å²) in [5, 5.41) is 3.56. The molecule has 21 heavy (non-hydrogen) atoms. The van der Waals surface area contributed by atoms with Gasteiger partial charge in [-0.1, -0.05) is 35.3 Å². The van der Waals surface area contributed by atoms with Gasteiger partial charge in [-0.15, -0.1) is 0 Å². The lowest BCUT2D eigenvalue weighted by atomic mass is 10.1. The minimum atomic E-state index is -0.342. The van der Waals surface area contributed by atoms with Gasteiger partial charge in [0.25, 0.3) is 5.91 Å². The van der Waals surface area contributed by atoms with E-state index in [-0.39, 0.29) is 21.9 Å². The Morgan fingerprint density at radius 3 is 2.76 bits per heavy atom. The number of hydrogen-bond acceptors (Lipinski definition) is 4. The molecule has 3 aromatic rings. The van der Waals surface area contributed by atoms with Crippen LogP contribution in [0.2, 0.25) is 10.2 Å². The third-order valence-corrected chi connectivity index (χ3v) is 3.61. The Kier molecular flexibility index (Phi) is 3.68. The average Bonchev–Trinajstić information content (AvgIpc) is 2.51. The molecule has 7 heteroatoms. The van der Waals surface area contributed by atoms with Crippen LogP contribution in [0.15, 0.2) is 42.9 Å². The second kappa shape index (κ2) is 5.63. The van der Waals surface area contributed by atoms with Crippen molar-refractivity contribution in [2.75, 3.05) is 5.32 Å². The van der Waals surface area contributed by atoms with Crippen LogP contribution in [0.25, 0.3) is 10.9 Å². The summed E-state index contributed by atoms with van der Waals surface area (Å²) in [6.07, 6.45) is 2.90. The molecule has 2 heterocycles. The lowest BCUT2D eigenvalue weighted by molar-refractivity contribution is 0.102. The minimum absolute atomic E-state index is 0.0848. The summed E-state index contributed by atoms with van der Waals surface area (Å²) < 4.78 is 0. The summed E-state index contributed by atoms with van der Waals surface area (Å²) in [5.41, 5.74) is 1.21. The number of amides is 1. The number of carbonyl (C=O) groups excluding carboxylic acids is 1. The Morgan fingerprint density at radius 1 is 1.05 bits per heavy atom. The molecule has 1 N–H and O–H groups in total. The van der Waals surface area contributed by atoms with Gasteiger partial charge in [0.15, 0.2) is 11.0 Å². The quantitative estimate of drug-likeness (QED) is 0.733. The molecule has 0 spiro atoms. The van der Waals surface area contributed by atoms with E-state index in [0.29, 0.717) is 5.56 Å². The van der Waals surface area contributed by atoms with Crippen molar-refractivity contribution in [1.29, 1.82) is 0 Å². The number of halogens is 2. The number of carbonyl (C=O) groups is 1. The number of aromatic nitrogens is 3. The number of anilines is 1. The number of fused-ring (bicyclic) bond motifs is 1. The first kappa shape index (κ1) is 13.7. The van der Waals surface area contributed by atoms with Gasteiger partial charge >= 0.3 is 0 Å². The van der Waals surface area contributed by atoms with Crippen molar-refractivity contribution >= 4 is 45.8 Å². The van der Waals surface area contributed by atoms with Gasteiger partial charge in [-0.25, -0.2) is 9.97 Å². The molecule has 3 rings (SSSR count). The fourth-order valence-electron chi connectivity index (χ4n) is 1.91. The number of benzene rings is 1. The molecule has 0 saturated carbocycles. The molecule has 0 aliphatic heterocycles. The monoisotopic (exact) mass is 318 g/mol. The number of nitrogens with zero attached hydrogens (tertiary/aromatic N) is 3. The smallest absolute Gasteiger partial charge is 0.257 e. The van der Waals surface area contributed by atoms with Crippen molar-refractivity contribution in [3.63, 3.8) is 0 Å². The van der Waals surface area contributed by atoms with Crippen LogP contribution >= 0.6 is 23.2 Å². The summed E-state index contributed by atoms with van der Waals surface area (Å²) in [6, 6.07) is 8.90. The fourth-order valence-corrected chi connectivity index (χ4v) is 2.19. The molecule has 1 amide bonds. The lowest BCUT2D eigenvalue weighted by Gasteiger charge is -2.08. The van der Waals surface area contributed by atoms with Crippen molar-refractivity contribution < 1.29 is 4.79 Å². The van der Waals surface area contributed by atoms with E-state index in [0.717, 1.165) is 10.9 Å². The predicted octanol–water partition coefficient (Wildman–Crippen LogP) is 3.58. The highest BCUT2D eigenvalue weighted by Crippen LogP contribution is 2.26. The zero-order chi connectivity index (χ0) is 14.8. The van der Waals surface area contributed by atoms with Crippen LogP contribution in [0.4, 0.5) is 5.82 Å². The molecule has 0 bridgehead atoms. The normalized spacial score (nSPS) is 10.6. The summed E-state index contributed by atoms with van der Waals surface area (Å²) in [4.78, 5) is 24.2. The molecule has 0 unspecified atom stereocenters. The molecular formula is C14H8Cl2N4O. The SMILES string of the molecule is O=C(Nc1ncnc(Cl)c1Cl)c1cccc2ncccc12. The molecule has 0 atom stereocenters. The molecule has 1 aromatic carbocycles. The van der Waals surface area contributed by atoms with E-state index in [9.17, 15) is 4.79 Å². The van der Waals surface area contributed by atoms with Crippen LogP contribution in [-0.4, -0.2) is 20.9 Å². The number of rotatable bonds is 2. The number of nitrogens with one attached hydrogen (secondary N) is 1. The maximum absolute atomic E-state index is 12.4. The van der Waals surface area contributed by atoms with Crippen molar-refractivity contribution in [2.45, 2.75) is 0 Å². The van der Waals surface area contributed by atoms with Crippen molar-refractivity contribution in [3.05, 3.63) is 58.6 Å². The molecule has 5 nitrogen and oxygen atoms in total. The maximum Gasteiger partial charge on any atom is 0.257 e. The highest BCUT2D eigenvalue weighted by atomic mass is 35.5. The van der Waals surface area contributed by atoms with E-state index in [1.807, 2.05) is 12.1 Å². The van der Waals surface area contributed by atoms with Gasteiger partial charge in [0.2, 0.25) is 0 Å². The highest BCUT2D eigenvalue weighted by molar-refractivity contribution is 6.43.